The molecular formula is C58H73N23O12. The second-order valence-electron chi connectivity index (χ2n) is 21.3. The minimum atomic E-state index is -1.08. The summed E-state index contributed by atoms with van der Waals surface area (Å²) >= 11 is 0. The third-order valence-corrected chi connectivity index (χ3v) is 14.1. The molecule has 10 amide bonds. The van der Waals surface area contributed by atoms with Crippen LogP contribution in [-0.4, -0.2) is 169 Å². The fraction of sp³-hybridized carbons (Fsp3) is 0.328. The Morgan fingerprint density at radius 3 is 1.24 bits per heavy atom. The van der Waals surface area contributed by atoms with Gasteiger partial charge in [-0.2, -0.15) is 0 Å². The van der Waals surface area contributed by atoms with Crippen molar-refractivity contribution in [3.63, 3.8) is 0 Å². The summed E-state index contributed by atoms with van der Waals surface area (Å²) in [5.74, 6) is -5.14. The molecule has 8 heterocycles. The number of amides is 10. The number of anilines is 7. The zero-order chi connectivity index (χ0) is 67.2. The zero-order valence-electron chi connectivity index (χ0n) is 52.2. The van der Waals surface area contributed by atoms with E-state index in [1.165, 1.54) is 104 Å². The summed E-state index contributed by atoms with van der Waals surface area (Å²) in [7, 11) is 12.8. The van der Waals surface area contributed by atoms with Gasteiger partial charge in [0.25, 0.3) is 47.3 Å². The lowest BCUT2D eigenvalue weighted by Gasteiger charge is -2.12. The molecule has 35 nitrogen and oxygen atoms in total. The van der Waals surface area contributed by atoms with Gasteiger partial charge in [0.1, 0.15) is 28.5 Å². The molecule has 8 aromatic heterocycles. The van der Waals surface area contributed by atoms with Crippen molar-refractivity contribution in [3.05, 3.63) is 132 Å². The van der Waals surface area contributed by atoms with Crippen LogP contribution >= 0.6 is 0 Å². The van der Waals surface area contributed by atoms with E-state index in [0.717, 1.165) is 0 Å². The van der Waals surface area contributed by atoms with E-state index in [2.05, 4.69) is 68.1 Å². The molecule has 0 aliphatic heterocycles. The van der Waals surface area contributed by atoms with Gasteiger partial charge in [0.2, 0.25) is 23.5 Å². The van der Waals surface area contributed by atoms with E-state index in [-0.39, 0.29) is 106 Å². The lowest BCUT2D eigenvalue weighted by Crippen LogP contribution is -2.39. The Bertz CT molecular complexity index is 4110. The number of hydrogen-bond acceptors (Lipinski definition) is 17. The Kier molecular flexibility index (Phi) is 22.1. The van der Waals surface area contributed by atoms with Crippen molar-refractivity contribution in [2.75, 3.05) is 89.8 Å². The smallest absolute Gasteiger partial charge is 0.292 e. The van der Waals surface area contributed by atoms with Crippen LogP contribution in [0.5, 0.6) is 0 Å². The minimum absolute atomic E-state index is 0.0102. The SMILES string of the molecule is Cn1cc(NC(=O)c2cc(NC(=O)c3cc(NC(=O)c4cc(NC(=O)[C@H](N)CCNC(=O)c5cc(NC(=O)c6nc(NC(=O)c7nc(NC(=O)c8nccn8C)cn7C)cn6C)cn5C)cn4C)cn3C)cn2C)cc1C(=O)NCCC(=O)NCCOCCOCCN. The first-order valence-electron chi connectivity index (χ1n) is 28.8. The van der Waals surface area contributed by atoms with Crippen LogP contribution in [0.2, 0.25) is 0 Å². The first kappa shape index (κ1) is 67.5. The van der Waals surface area contributed by atoms with Crippen molar-refractivity contribution in [1.29, 1.82) is 0 Å². The molecule has 0 aliphatic carbocycles. The first-order chi connectivity index (χ1) is 44.3. The van der Waals surface area contributed by atoms with Gasteiger partial charge in [-0.3, -0.25) is 47.9 Å². The molecule has 0 aromatic carbocycles. The molecule has 492 valence electrons. The highest BCUT2D eigenvalue weighted by molar-refractivity contribution is 6.10. The van der Waals surface area contributed by atoms with Crippen molar-refractivity contribution in [2.24, 2.45) is 67.8 Å². The topological polar surface area (TPSA) is 440 Å². The standard InChI is InChI=1S/C58H73N23O12/c1-74-16-14-62-47(74)56(89)72-44-31-81(8)49(71-44)58(91)73-45-32-80(7)48(70-45)57(90)69-37-22-40(76(3)30-37)51(84)63-12-9-38(60)50(83)65-33-23-41(77(4)26-33)53(86)67-35-25-43(79(6)28-35)55(88)68-36-24-42(78(5)29-36)54(87)66-34-21-39(75(2)27-34)52(85)64-13-10-46(82)61-15-18-93-20-19-92-17-11-59/h14,16,21-32,38H,9-13,15,17-20,59-60H2,1-8H3,(H,61,82)(H,63,84)(H,64,85)(H,65,83)(H,66,87)(H,67,86)(H,68,88)(H,69,90)(H,72,89)(H,73,91)/t38-/m1/s1. The zero-order valence-corrected chi connectivity index (χ0v) is 52.2. The van der Waals surface area contributed by atoms with Crippen LogP contribution < -0.4 is 64.6 Å². The fourth-order valence-electron chi connectivity index (χ4n) is 9.40. The number of nitrogens with two attached hydrogens (primary N) is 2. The molecule has 1 atom stereocenters. The minimum Gasteiger partial charge on any atom is -0.378 e. The van der Waals surface area contributed by atoms with Gasteiger partial charge in [-0.1, -0.05) is 0 Å². The van der Waals surface area contributed by atoms with Crippen LogP contribution in [0.15, 0.2) is 86.1 Å². The quantitative estimate of drug-likeness (QED) is 0.0271. The van der Waals surface area contributed by atoms with Crippen LogP contribution in [0.1, 0.15) is 97.1 Å². The van der Waals surface area contributed by atoms with Crippen molar-refractivity contribution >= 4 is 99.1 Å². The summed E-state index contributed by atoms with van der Waals surface area (Å²) in [5.41, 5.74) is 13.9. The summed E-state index contributed by atoms with van der Waals surface area (Å²) in [6, 6.07) is 6.22. The van der Waals surface area contributed by atoms with Crippen molar-refractivity contribution in [3.8, 4) is 0 Å². The first-order valence-corrected chi connectivity index (χ1v) is 28.8. The van der Waals surface area contributed by atoms with Crippen LogP contribution in [0, 0.1) is 0 Å². The lowest BCUT2D eigenvalue weighted by molar-refractivity contribution is -0.121. The number of ether oxygens (including phenoxy) is 2. The van der Waals surface area contributed by atoms with Gasteiger partial charge >= 0.3 is 0 Å². The molecule has 14 N–H and O–H groups in total. The molecule has 0 spiro atoms. The van der Waals surface area contributed by atoms with E-state index in [1.54, 1.807) is 75.0 Å². The molecule has 0 aliphatic rings. The predicted molar refractivity (Wildman–Crippen MR) is 339 cm³/mol. The Morgan fingerprint density at radius 2 is 0.806 bits per heavy atom. The number of aryl methyl sites for hydroxylation is 8. The average molecular weight is 1280 g/mol. The van der Waals surface area contributed by atoms with Gasteiger partial charge in [0.15, 0.2) is 17.5 Å². The van der Waals surface area contributed by atoms with E-state index in [0.29, 0.717) is 50.9 Å². The van der Waals surface area contributed by atoms with Crippen LogP contribution in [0.4, 0.5) is 40.1 Å². The Balaban J connectivity index is 0.747. The van der Waals surface area contributed by atoms with Gasteiger partial charge in [-0.25, -0.2) is 15.0 Å². The van der Waals surface area contributed by atoms with Gasteiger partial charge in [-0.05, 0) is 36.8 Å². The summed E-state index contributed by atoms with van der Waals surface area (Å²) < 4.78 is 22.4. The number of carbonyl (C=O) groups excluding carboxylic acids is 10. The molecule has 93 heavy (non-hydrogen) atoms. The highest BCUT2D eigenvalue weighted by atomic mass is 16.5. The number of nitrogens with zero attached hydrogens (tertiary/aromatic N) is 11. The largest absolute Gasteiger partial charge is 0.378 e. The second-order valence-corrected chi connectivity index (χ2v) is 21.3. The molecule has 0 saturated heterocycles. The molecule has 0 unspecified atom stereocenters. The number of rotatable bonds is 30. The molecule has 8 aromatic rings. The summed E-state index contributed by atoms with van der Waals surface area (Å²) in [5, 5.41) is 27.0. The Morgan fingerprint density at radius 1 is 0.419 bits per heavy atom. The van der Waals surface area contributed by atoms with E-state index >= 15 is 0 Å². The number of carbonyl (C=O) groups is 10. The van der Waals surface area contributed by atoms with Gasteiger partial charge in [0, 0.05) is 145 Å². The molecule has 0 radical (unpaired) electrons. The maximum absolute atomic E-state index is 13.5. The van der Waals surface area contributed by atoms with Crippen LogP contribution in [0.3, 0.4) is 0 Å². The second kappa shape index (κ2) is 30.4. The number of nitrogens with one attached hydrogen (secondary N) is 10. The van der Waals surface area contributed by atoms with Crippen molar-refractivity contribution in [1.82, 2.24) is 67.4 Å². The summed E-state index contributed by atoms with van der Waals surface area (Å²) in [4.78, 5) is 144. The number of hydrogen-bond donors (Lipinski definition) is 12. The van der Waals surface area contributed by atoms with E-state index in [9.17, 15) is 47.9 Å². The van der Waals surface area contributed by atoms with Gasteiger partial charge < -0.3 is 111 Å². The highest BCUT2D eigenvalue weighted by Gasteiger charge is 2.25. The van der Waals surface area contributed by atoms with Crippen molar-refractivity contribution < 1.29 is 57.4 Å². The van der Waals surface area contributed by atoms with E-state index < -0.39 is 59.2 Å². The third kappa shape index (κ3) is 17.5. The molecule has 35 heteroatoms. The lowest BCUT2D eigenvalue weighted by atomic mass is 10.2. The van der Waals surface area contributed by atoms with Gasteiger partial charge in [0.05, 0.1) is 60.9 Å². The summed E-state index contributed by atoms with van der Waals surface area (Å²) in [6.07, 6.45) is 13.7. The van der Waals surface area contributed by atoms with Crippen LogP contribution in [-0.2, 0) is 75.4 Å². The maximum Gasteiger partial charge on any atom is 0.292 e. The average Bonchev–Trinajstić information content (AvgIpc) is 1.76. The maximum atomic E-state index is 13.5. The molecule has 0 saturated carbocycles. The van der Waals surface area contributed by atoms with E-state index in [1.807, 2.05) is 0 Å². The molecular weight excluding hydrogens is 1210 g/mol. The monoisotopic (exact) mass is 1280 g/mol. The molecule has 0 fully saturated rings. The Hall–Kier alpha value is -11.4. The number of imidazole rings is 3. The third-order valence-electron chi connectivity index (χ3n) is 14.1. The van der Waals surface area contributed by atoms with Crippen molar-refractivity contribution in [2.45, 2.75) is 18.9 Å². The fourth-order valence-corrected chi connectivity index (χ4v) is 9.40. The molecule has 0 bridgehead atoms. The normalized spacial score (nSPS) is 11.4. The van der Waals surface area contributed by atoms with Crippen LogP contribution in [0.25, 0.3) is 0 Å². The highest BCUT2D eigenvalue weighted by Crippen LogP contribution is 2.23. The summed E-state index contributed by atoms with van der Waals surface area (Å²) in [6.45, 7) is 2.33. The Labute approximate surface area is 530 Å². The molecule has 8 rings (SSSR count). The number of aromatic nitrogens is 11. The predicted octanol–water partition coefficient (Wildman–Crippen LogP) is 0.407. The van der Waals surface area contributed by atoms with Gasteiger partial charge in [-0.15, -0.1) is 0 Å². The van der Waals surface area contributed by atoms with E-state index in [4.69, 9.17) is 20.9 Å².